The van der Waals surface area contributed by atoms with Crippen LogP contribution in [0.5, 0.6) is 5.75 Å². The summed E-state index contributed by atoms with van der Waals surface area (Å²) in [4.78, 5) is 26.3. The van der Waals surface area contributed by atoms with Gasteiger partial charge in [0.1, 0.15) is 17.4 Å². The van der Waals surface area contributed by atoms with Gasteiger partial charge in [-0.15, -0.1) is 21.5 Å². The number of methoxy groups -OCH3 is 1. The number of thioether (sulfide) groups is 1. The van der Waals surface area contributed by atoms with Crippen molar-refractivity contribution >= 4 is 63.2 Å². The van der Waals surface area contributed by atoms with Crippen molar-refractivity contribution in [3.8, 4) is 5.75 Å². The molecule has 8 nitrogen and oxygen atoms in total. The first-order chi connectivity index (χ1) is 16.8. The Bertz CT molecular complexity index is 1260. The number of halogens is 2. The number of esters is 1. The highest BCUT2D eigenvalue weighted by Crippen LogP contribution is 2.40. The maximum atomic E-state index is 12.7. The molecule has 0 saturated heterocycles. The van der Waals surface area contributed by atoms with Gasteiger partial charge in [-0.3, -0.25) is 4.79 Å². The van der Waals surface area contributed by atoms with Crippen molar-refractivity contribution in [2.75, 3.05) is 18.2 Å². The molecule has 1 amide bonds. The second kappa shape index (κ2) is 11.2. The summed E-state index contributed by atoms with van der Waals surface area (Å²) in [6.07, 6.45) is 2.73. The van der Waals surface area contributed by atoms with Crippen LogP contribution in [-0.2, 0) is 36.0 Å². The van der Waals surface area contributed by atoms with Gasteiger partial charge in [0.2, 0.25) is 5.91 Å². The SMILES string of the molecule is COC(=O)c1c(NC(=O)CSc2nnc(COc3ccc(Cl)cc3Cl)n2C)sc2c1CCC(C)C2. The highest BCUT2D eigenvalue weighted by molar-refractivity contribution is 7.99. The fourth-order valence-electron chi connectivity index (χ4n) is 3.78. The molecule has 4 rings (SSSR count). The van der Waals surface area contributed by atoms with Crippen LogP contribution in [0, 0.1) is 5.92 Å². The average molecular weight is 556 g/mol. The minimum atomic E-state index is -0.418. The third kappa shape index (κ3) is 5.94. The third-order valence-electron chi connectivity index (χ3n) is 5.66. The highest BCUT2D eigenvalue weighted by Gasteiger charge is 2.29. The lowest BCUT2D eigenvalue weighted by atomic mass is 9.88. The second-order valence-electron chi connectivity index (χ2n) is 8.21. The fourth-order valence-corrected chi connectivity index (χ4v) is 6.39. The van der Waals surface area contributed by atoms with Gasteiger partial charge in [-0.2, -0.15) is 0 Å². The number of anilines is 1. The molecule has 186 valence electrons. The topological polar surface area (TPSA) is 95.3 Å². The van der Waals surface area contributed by atoms with E-state index in [0.717, 1.165) is 29.7 Å². The van der Waals surface area contributed by atoms with E-state index < -0.39 is 5.97 Å². The predicted octanol–water partition coefficient (Wildman–Crippen LogP) is 5.40. The van der Waals surface area contributed by atoms with E-state index in [0.29, 0.717) is 43.3 Å². The summed E-state index contributed by atoms with van der Waals surface area (Å²) >= 11 is 14.8. The van der Waals surface area contributed by atoms with Gasteiger partial charge >= 0.3 is 5.97 Å². The van der Waals surface area contributed by atoms with Crippen molar-refractivity contribution in [2.24, 2.45) is 13.0 Å². The number of ether oxygens (including phenoxy) is 2. The Morgan fingerprint density at radius 3 is 2.86 bits per heavy atom. The van der Waals surface area contributed by atoms with E-state index in [9.17, 15) is 9.59 Å². The Balaban J connectivity index is 1.38. The van der Waals surface area contributed by atoms with Crippen molar-refractivity contribution < 1.29 is 19.1 Å². The summed E-state index contributed by atoms with van der Waals surface area (Å²) in [5.74, 6) is 1.07. The number of aromatic nitrogens is 3. The predicted molar refractivity (Wildman–Crippen MR) is 138 cm³/mol. The van der Waals surface area contributed by atoms with Crippen LogP contribution in [0.1, 0.15) is 40.0 Å². The van der Waals surface area contributed by atoms with Gasteiger partial charge in [-0.25, -0.2) is 4.79 Å². The number of nitrogens with zero attached hydrogens (tertiary/aromatic N) is 3. The van der Waals surface area contributed by atoms with Gasteiger partial charge in [0, 0.05) is 16.9 Å². The first-order valence-corrected chi connectivity index (χ1v) is 13.4. The summed E-state index contributed by atoms with van der Waals surface area (Å²) < 4.78 is 12.5. The Morgan fingerprint density at radius 2 is 2.11 bits per heavy atom. The Hall–Kier alpha value is -2.27. The zero-order chi connectivity index (χ0) is 25.1. The molecule has 0 saturated carbocycles. The van der Waals surface area contributed by atoms with Gasteiger partial charge in [-0.05, 0) is 48.9 Å². The minimum absolute atomic E-state index is 0.107. The monoisotopic (exact) mass is 554 g/mol. The minimum Gasteiger partial charge on any atom is -0.484 e. The van der Waals surface area contributed by atoms with Crippen LogP contribution >= 0.6 is 46.3 Å². The number of carbonyl (C=O) groups excluding carboxylic acids is 2. The number of carbonyl (C=O) groups is 2. The van der Waals surface area contributed by atoms with E-state index in [-0.39, 0.29) is 18.3 Å². The standard InChI is InChI=1S/C23H24Cl2N4O4S2/c1-12-4-6-14-17(8-12)35-21(20(14)22(31)32-3)26-19(30)11-34-23-28-27-18(29(23)2)10-33-16-7-5-13(24)9-15(16)25/h5,7,9,12H,4,6,8,10-11H2,1-3H3,(H,26,30). The van der Waals surface area contributed by atoms with Crippen LogP contribution in [-0.4, -0.2) is 39.5 Å². The largest absolute Gasteiger partial charge is 0.484 e. The molecule has 1 aliphatic rings. The average Bonchev–Trinajstić information content (AvgIpc) is 3.35. The highest BCUT2D eigenvalue weighted by atomic mass is 35.5. The summed E-state index contributed by atoms with van der Waals surface area (Å²) in [7, 11) is 3.15. The molecule has 0 bridgehead atoms. The Labute approximate surface area is 221 Å². The van der Waals surface area contributed by atoms with Crippen molar-refractivity contribution in [1.29, 1.82) is 0 Å². The molecule has 1 N–H and O–H groups in total. The summed E-state index contributed by atoms with van der Waals surface area (Å²) in [6, 6.07) is 4.98. The number of benzene rings is 1. The lowest BCUT2D eigenvalue weighted by molar-refractivity contribution is -0.113. The normalized spacial score (nSPS) is 14.9. The molecule has 35 heavy (non-hydrogen) atoms. The maximum Gasteiger partial charge on any atom is 0.341 e. The molecular weight excluding hydrogens is 531 g/mol. The smallest absolute Gasteiger partial charge is 0.341 e. The lowest BCUT2D eigenvalue weighted by Crippen LogP contribution is -2.17. The van der Waals surface area contributed by atoms with Crippen molar-refractivity contribution in [3.63, 3.8) is 0 Å². The summed E-state index contributed by atoms with van der Waals surface area (Å²) in [5.41, 5.74) is 1.48. The van der Waals surface area contributed by atoms with Gasteiger partial charge in [0.15, 0.2) is 11.0 Å². The number of rotatable bonds is 8. The van der Waals surface area contributed by atoms with E-state index in [2.05, 4.69) is 22.4 Å². The first kappa shape index (κ1) is 25.8. The maximum absolute atomic E-state index is 12.7. The molecule has 0 aliphatic heterocycles. The zero-order valence-electron chi connectivity index (χ0n) is 19.4. The van der Waals surface area contributed by atoms with Crippen LogP contribution in [0.25, 0.3) is 0 Å². The van der Waals surface area contributed by atoms with Crippen LogP contribution in [0.3, 0.4) is 0 Å². The molecule has 2 heterocycles. The van der Waals surface area contributed by atoms with Gasteiger partial charge in [-0.1, -0.05) is 41.9 Å². The first-order valence-electron chi connectivity index (χ1n) is 10.9. The molecule has 1 unspecified atom stereocenters. The van der Waals surface area contributed by atoms with Gasteiger partial charge in [0.25, 0.3) is 0 Å². The number of hydrogen-bond donors (Lipinski definition) is 1. The fraction of sp³-hybridized carbons (Fsp3) is 0.391. The van der Waals surface area contributed by atoms with E-state index in [1.54, 1.807) is 29.8 Å². The number of fused-ring (bicyclic) bond motifs is 1. The molecule has 0 spiro atoms. The molecule has 1 aromatic carbocycles. The van der Waals surface area contributed by atoms with E-state index in [4.69, 9.17) is 32.7 Å². The molecule has 0 fully saturated rings. The van der Waals surface area contributed by atoms with Crippen molar-refractivity contribution in [3.05, 3.63) is 50.1 Å². The van der Waals surface area contributed by atoms with E-state index >= 15 is 0 Å². The van der Waals surface area contributed by atoms with Crippen molar-refractivity contribution in [2.45, 2.75) is 37.9 Å². The third-order valence-corrected chi connectivity index (χ3v) is 8.38. The van der Waals surface area contributed by atoms with Crippen LogP contribution in [0.4, 0.5) is 5.00 Å². The van der Waals surface area contributed by atoms with E-state index in [1.165, 1.54) is 30.2 Å². The van der Waals surface area contributed by atoms with E-state index in [1.807, 2.05) is 0 Å². The van der Waals surface area contributed by atoms with Gasteiger partial charge in [0.05, 0.1) is 23.4 Å². The number of thiophene rings is 1. The molecule has 3 aromatic rings. The van der Waals surface area contributed by atoms with Gasteiger partial charge < -0.3 is 19.4 Å². The van der Waals surface area contributed by atoms with Crippen LogP contribution < -0.4 is 10.1 Å². The molecular formula is C23H24Cl2N4O4S2. The lowest BCUT2D eigenvalue weighted by Gasteiger charge is -2.18. The quantitative estimate of drug-likeness (QED) is 0.294. The zero-order valence-corrected chi connectivity index (χ0v) is 22.5. The summed E-state index contributed by atoms with van der Waals surface area (Å²) in [5, 5.41) is 13.2. The summed E-state index contributed by atoms with van der Waals surface area (Å²) in [6.45, 7) is 2.35. The number of nitrogens with one attached hydrogen (secondary N) is 1. The Morgan fingerprint density at radius 1 is 1.31 bits per heavy atom. The van der Waals surface area contributed by atoms with Crippen molar-refractivity contribution in [1.82, 2.24) is 14.8 Å². The molecule has 12 heteroatoms. The van der Waals surface area contributed by atoms with Crippen LogP contribution in [0.15, 0.2) is 23.4 Å². The second-order valence-corrected chi connectivity index (χ2v) is 11.1. The molecule has 2 aromatic heterocycles. The van der Waals surface area contributed by atoms with Crippen LogP contribution in [0.2, 0.25) is 10.0 Å². The number of hydrogen-bond acceptors (Lipinski definition) is 8. The molecule has 0 radical (unpaired) electrons. The molecule has 1 aliphatic carbocycles. The number of amides is 1. The molecule has 1 atom stereocenters. The Kier molecular flexibility index (Phi) is 8.26.